The molecule has 2 N–H and O–H groups in total. The number of rotatable bonds is 4. The number of nitrogens with one attached hydrogen (secondary N) is 1. The molecule has 0 saturated carbocycles. The topological polar surface area (TPSA) is 89.5 Å². The van der Waals surface area contributed by atoms with Crippen LogP contribution in [0.2, 0.25) is 0 Å². The number of anilines is 1. The third-order valence-electron chi connectivity index (χ3n) is 2.73. The van der Waals surface area contributed by atoms with E-state index in [0.717, 1.165) is 5.56 Å². The number of carboxylic acids is 1. The van der Waals surface area contributed by atoms with Crippen molar-refractivity contribution >= 4 is 17.6 Å². The zero-order chi connectivity index (χ0) is 14.5. The highest BCUT2D eigenvalue weighted by atomic mass is 16.4. The Morgan fingerprint density at radius 2 is 1.75 bits per heavy atom. The standard InChI is InChI=1S/C15H13NO4/c17-13(9-10-5-2-1-3-6-10)16-12-8-4-7-11(14(12)18)15(19)20/h1-8,18H,9H2,(H,16,17)(H,19,20)/p-1. The molecule has 0 spiro atoms. The Labute approximate surface area is 115 Å². The predicted molar refractivity (Wildman–Crippen MR) is 71.6 cm³/mol. The zero-order valence-corrected chi connectivity index (χ0v) is 10.5. The summed E-state index contributed by atoms with van der Waals surface area (Å²) in [5, 5.41) is 23.1. The fourth-order valence-corrected chi connectivity index (χ4v) is 1.78. The number of amides is 1. The first-order valence-corrected chi connectivity index (χ1v) is 5.95. The molecule has 102 valence electrons. The van der Waals surface area contributed by atoms with E-state index >= 15 is 0 Å². The lowest BCUT2D eigenvalue weighted by Gasteiger charge is -2.17. The summed E-state index contributed by atoms with van der Waals surface area (Å²) in [6.07, 6.45) is 0.123. The number of carboxylic acid groups (broad SMARTS) is 1. The van der Waals surface area contributed by atoms with Gasteiger partial charge in [-0.3, -0.25) is 4.79 Å². The van der Waals surface area contributed by atoms with Crippen molar-refractivity contribution in [2.45, 2.75) is 6.42 Å². The van der Waals surface area contributed by atoms with Gasteiger partial charge in [0.25, 0.3) is 0 Å². The van der Waals surface area contributed by atoms with Gasteiger partial charge in [0.05, 0.1) is 12.0 Å². The normalized spacial score (nSPS) is 10.0. The number of carbonyl (C=O) groups is 2. The highest BCUT2D eigenvalue weighted by Gasteiger charge is 2.09. The molecule has 0 fully saturated rings. The fraction of sp³-hybridized carbons (Fsp3) is 0.0667. The first kappa shape index (κ1) is 13.6. The molecule has 0 unspecified atom stereocenters. The van der Waals surface area contributed by atoms with Crippen molar-refractivity contribution in [3.63, 3.8) is 0 Å². The summed E-state index contributed by atoms with van der Waals surface area (Å²) < 4.78 is 0. The van der Waals surface area contributed by atoms with Crippen LogP contribution in [0.1, 0.15) is 15.9 Å². The van der Waals surface area contributed by atoms with Gasteiger partial charge in [-0.2, -0.15) is 0 Å². The number of carbonyl (C=O) groups excluding carboxylic acids is 1. The Balaban J connectivity index is 2.12. The monoisotopic (exact) mass is 270 g/mol. The van der Waals surface area contributed by atoms with Crippen LogP contribution >= 0.6 is 0 Å². The van der Waals surface area contributed by atoms with Crippen molar-refractivity contribution in [3.05, 3.63) is 59.7 Å². The van der Waals surface area contributed by atoms with Crippen molar-refractivity contribution in [1.82, 2.24) is 0 Å². The number of aromatic carboxylic acids is 1. The summed E-state index contributed by atoms with van der Waals surface area (Å²) in [7, 11) is 0. The van der Waals surface area contributed by atoms with Crippen LogP contribution < -0.4 is 10.4 Å². The highest BCUT2D eigenvalue weighted by Crippen LogP contribution is 2.24. The molecule has 0 heterocycles. The number of benzene rings is 2. The van der Waals surface area contributed by atoms with Crippen LogP contribution in [-0.2, 0) is 11.2 Å². The Morgan fingerprint density at radius 1 is 1.05 bits per heavy atom. The maximum Gasteiger partial charge on any atom is 0.335 e. The van der Waals surface area contributed by atoms with Crippen molar-refractivity contribution in [2.24, 2.45) is 0 Å². The molecule has 0 aromatic heterocycles. The number of hydrogen-bond donors (Lipinski definition) is 2. The van der Waals surface area contributed by atoms with Crippen LogP contribution in [0.15, 0.2) is 48.5 Å². The van der Waals surface area contributed by atoms with E-state index in [9.17, 15) is 14.7 Å². The first-order valence-electron chi connectivity index (χ1n) is 5.95. The quantitative estimate of drug-likeness (QED) is 0.883. The molecule has 5 heteroatoms. The van der Waals surface area contributed by atoms with Gasteiger partial charge >= 0.3 is 5.97 Å². The Bertz CT molecular complexity index is 638. The molecule has 0 saturated heterocycles. The van der Waals surface area contributed by atoms with E-state index in [2.05, 4.69) is 5.32 Å². The molecule has 0 atom stereocenters. The minimum atomic E-state index is -1.31. The van der Waals surface area contributed by atoms with Gasteiger partial charge in [0.1, 0.15) is 0 Å². The molecule has 5 nitrogen and oxygen atoms in total. The summed E-state index contributed by atoms with van der Waals surface area (Å²) in [6, 6.07) is 13.1. The Hall–Kier alpha value is -2.82. The van der Waals surface area contributed by atoms with E-state index in [4.69, 9.17) is 5.11 Å². The Kier molecular flexibility index (Phi) is 4.00. The van der Waals surface area contributed by atoms with Gasteiger partial charge in [0.15, 0.2) is 0 Å². The van der Waals surface area contributed by atoms with Gasteiger partial charge in [0.2, 0.25) is 5.91 Å². The van der Waals surface area contributed by atoms with Gasteiger partial charge in [-0.1, -0.05) is 42.1 Å². The van der Waals surface area contributed by atoms with Crippen molar-refractivity contribution < 1.29 is 19.8 Å². The van der Waals surface area contributed by atoms with Crippen LogP contribution in [0.25, 0.3) is 0 Å². The summed E-state index contributed by atoms with van der Waals surface area (Å²) >= 11 is 0. The van der Waals surface area contributed by atoms with E-state index in [-0.39, 0.29) is 23.6 Å². The molecule has 0 radical (unpaired) electrons. The predicted octanol–water partition coefficient (Wildman–Crippen LogP) is 1.64. The van der Waals surface area contributed by atoms with E-state index in [1.165, 1.54) is 18.2 Å². The fourth-order valence-electron chi connectivity index (χ4n) is 1.78. The van der Waals surface area contributed by atoms with Crippen molar-refractivity contribution in [2.75, 3.05) is 5.32 Å². The average Bonchev–Trinajstić information content (AvgIpc) is 2.42. The van der Waals surface area contributed by atoms with Crippen LogP contribution in [0.3, 0.4) is 0 Å². The minimum absolute atomic E-state index is 0.0224. The molecule has 20 heavy (non-hydrogen) atoms. The van der Waals surface area contributed by atoms with E-state index < -0.39 is 11.7 Å². The summed E-state index contributed by atoms with van der Waals surface area (Å²) in [5.41, 5.74) is 0.431. The molecule has 2 rings (SSSR count). The van der Waals surface area contributed by atoms with Gasteiger partial charge in [-0.05, 0) is 17.7 Å². The number of para-hydroxylation sites is 1. The van der Waals surface area contributed by atoms with Gasteiger partial charge in [-0.25, -0.2) is 4.79 Å². The van der Waals surface area contributed by atoms with Crippen molar-refractivity contribution in [1.29, 1.82) is 0 Å². The first-order chi connectivity index (χ1) is 9.58. The third-order valence-corrected chi connectivity index (χ3v) is 2.73. The largest absolute Gasteiger partial charge is 0.870 e. The highest BCUT2D eigenvalue weighted by molar-refractivity contribution is 5.98. The molecule has 0 aliphatic rings. The van der Waals surface area contributed by atoms with Crippen LogP contribution in [0.4, 0.5) is 5.69 Å². The maximum atomic E-state index is 11.8. The van der Waals surface area contributed by atoms with E-state index in [1.807, 2.05) is 18.2 Å². The third kappa shape index (κ3) is 3.14. The van der Waals surface area contributed by atoms with Crippen LogP contribution in [0, 0.1) is 0 Å². The lowest BCUT2D eigenvalue weighted by Crippen LogP contribution is -2.17. The summed E-state index contributed by atoms with van der Waals surface area (Å²) in [5.74, 6) is -2.37. The van der Waals surface area contributed by atoms with E-state index in [1.54, 1.807) is 12.1 Å². The van der Waals surface area contributed by atoms with Crippen LogP contribution in [-0.4, -0.2) is 17.0 Å². The maximum absolute atomic E-state index is 11.8. The second kappa shape index (κ2) is 5.88. The number of hydrogen-bond acceptors (Lipinski definition) is 3. The van der Waals surface area contributed by atoms with Gasteiger partial charge in [0, 0.05) is 5.69 Å². The lowest BCUT2D eigenvalue weighted by molar-refractivity contribution is -0.267. The minimum Gasteiger partial charge on any atom is -0.870 e. The lowest BCUT2D eigenvalue weighted by atomic mass is 10.1. The second-order valence-corrected chi connectivity index (χ2v) is 4.20. The molecular weight excluding hydrogens is 258 g/mol. The molecule has 2 aromatic rings. The second-order valence-electron chi connectivity index (χ2n) is 4.20. The SMILES string of the molecule is O=C(Cc1ccccc1)Nc1cccc(C(=O)O)c1[O-]. The molecule has 0 aliphatic heterocycles. The zero-order valence-electron chi connectivity index (χ0n) is 10.5. The molecule has 0 aliphatic carbocycles. The van der Waals surface area contributed by atoms with Crippen molar-refractivity contribution in [3.8, 4) is 5.75 Å². The van der Waals surface area contributed by atoms with Gasteiger partial charge < -0.3 is 15.5 Å². The molecular formula is C15H12NO4-. The van der Waals surface area contributed by atoms with Gasteiger partial charge in [-0.15, -0.1) is 0 Å². The molecule has 1 amide bonds. The molecule has 0 bridgehead atoms. The Morgan fingerprint density at radius 3 is 2.40 bits per heavy atom. The molecule has 2 aromatic carbocycles. The van der Waals surface area contributed by atoms with Crippen LogP contribution in [0.5, 0.6) is 5.75 Å². The smallest absolute Gasteiger partial charge is 0.335 e. The summed E-state index contributed by atoms with van der Waals surface area (Å²) in [6.45, 7) is 0. The average molecular weight is 270 g/mol. The summed E-state index contributed by atoms with van der Waals surface area (Å²) in [4.78, 5) is 22.7. The van der Waals surface area contributed by atoms with E-state index in [0.29, 0.717) is 0 Å².